The minimum Gasteiger partial charge on any atom is -0.472 e. The monoisotopic (exact) mass is 238 g/mol. The first-order valence-electron chi connectivity index (χ1n) is 6.08. The highest BCUT2D eigenvalue weighted by molar-refractivity contribution is 5.93. The Bertz CT molecular complexity index is 323. The zero-order valence-corrected chi connectivity index (χ0v) is 11.1. The third-order valence-electron chi connectivity index (χ3n) is 2.77. The maximum Gasteiger partial charge on any atom is 0.254 e. The maximum absolute atomic E-state index is 11.6. The van der Waals surface area contributed by atoms with Gasteiger partial charge in [-0.05, 0) is 33.8 Å². The number of carbonyl (C=O) groups is 1. The fourth-order valence-corrected chi connectivity index (χ4v) is 1.91. The first-order valence-corrected chi connectivity index (χ1v) is 6.08. The molecular formula is C13H22N2O2. The molecule has 0 radical (unpaired) electrons. The SMILES string of the molecule is CC(C)N(CCNC(=O)c1ccoc1)C(C)C. The van der Waals surface area contributed by atoms with Crippen LogP contribution in [-0.4, -0.2) is 36.0 Å². The van der Waals surface area contributed by atoms with Crippen LogP contribution in [0.1, 0.15) is 38.1 Å². The van der Waals surface area contributed by atoms with E-state index in [1.807, 2.05) is 0 Å². The molecule has 1 aromatic heterocycles. The zero-order chi connectivity index (χ0) is 12.8. The summed E-state index contributed by atoms with van der Waals surface area (Å²) in [5, 5.41) is 2.88. The summed E-state index contributed by atoms with van der Waals surface area (Å²) in [5.74, 6) is -0.0776. The lowest BCUT2D eigenvalue weighted by Gasteiger charge is -2.30. The summed E-state index contributed by atoms with van der Waals surface area (Å²) in [6.45, 7) is 10.2. The Morgan fingerprint density at radius 1 is 1.35 bits per heavy atom. The molecule has 4 nitrogen and oxygen atoms in total. The Hall–Kier alpha value is -1.29. The van der Waals surface area contributed by atoms with Crippen molar-refractivity contribution in [3.05, 3.63) is 24.2 Å². The van der Waals surface area contributed by atoms with Crippen molar-refractivity contribution >= 4 is 5.91 Å². The standard InChI is InChI=1S/C13H22N2O2/c1-10(2)15(11(3)4)7-6-14-13(16)12-5-8-17-9-12/h5,8-11H,6-7H2,1-4H3,(H,14,16). The highest BCUT2D eigenvalue weighted by Gasteiger charge is 2.13. The number of carbonyl (C=O) groups excluding carboxylic acids is 1. The molecule has 0 aromatic carbocycles. The Morgan fingerprint density at radius 2 is 2.00 bits per heavy atom. The third-order valence-corrected chi connectivity index (χ3v) is 2.77. The molecule has 0 atom stereocenters. The average molecular weight is 238 g/mol. The van der Waals surface area contributed by atoms with Crippen LogP contribution in [0.25, 0.3) is 0 Å². The van der Waals surface area contributed by atoms with Crippen molar-refractivity contribution in [3.8, 4) is 0 Å². The van der Waals surface area contributed by atoms with E-state index < -0.39 is 0 Å². The molecule has 96 valence electrons. The van der Waals surface area contributed by atoms with E-state index in [9.17, 15) is 4.79 Å². The number of hydrogen-bond acceptors (Lipinski definition) is 3. The zero-order valence-electron chi connectivity index (χ0n) is 11.1. The van der Waals surface area contributed by atoms with Crippen LogP contribution < -0.4 is 5.32 Å². The topological polar surface area (TPSA) is 45.5 Å². The predicted octanol–water partition coefficient (Wildman–Crippen LogP) is 2.13. The van der Waals surface area contributed by atoms with Gasteiger partial charge in [0, 0.05) is 25.2 Å². The molecule has 0 spiro atoms. The van der Waals surface area contributed by atoms with Crippen molar-refractivity contribution in [3.63, 3.8) is 0 Å². The molecule has 1 amide bonds. The van der Waals surface area contributed by atoms with Crippen molar-refractivity contribution in [2.75, 3.05) is 13.1 Å². The molecule has 0 fully saturated rings. The van der Waals surface area contributed by atoms with Crippen LogP contribution in [0.5, 0.6) is 0 Å². The van der Waals surface area contributed by atoms with Gasteiger partial charge in [0.1, 0.15) is 6.26 Å². The van der Waals surface area contributed by atoms with Gasteiger partial charge in [0.05, 0.1) is 11.8 Å². The van der Waals surface area contributed by atoms with Crippen LogP contribution in [-0.2, 0) is 0 Å². The lowest BCUT2D eigenvalue weighted by Crippen LogP contribution is -2.42. The van der Waals surface area contributed by atoms with Crippen molar-refractivity contribution in [2.24, 2.45) is 0 Å². The summed E-state index contributed by atoms with van der Waals surface area (Å²) in [6.07, 6.45) is 2.96. The summed E-state index contributed by atoms with van der Waals surface area (Å²) in [4.78, 5) is 14.0. The number of amides is 1. The van der Waals surface area contributed by atoms with Crippen molar-refractivity contribution in [1.29, 1.82) is 0 Å². The fraction of sp³-hybridized carbons (Fsp3) is 0.615. The van der Waals surface area contributed by atoms with Gasteiger partial charge in [-0.25, -0.2) is 0 Å². The number of hydrogen-bond donors (Lipinski definition) is 1. The van der Waals surface area contributed by atoms with E-state index in [0.717, 1.165) is 6.54 Å². The van der Waals surface area contributed by atoms with E-state index in [1.165, 1.54) is 12.5 Å². The first kappa shape index (κ1) is 13.8. The molecule has 0 saturated carbocycles. The molecule has 1 heterocycles. The molecule has 4 heteroatoms. The minimum atomic E-state index is -0.0776. The molecule has 0 aliphatic carbocycles. The van der Waals surface area contributed by atoms with E-state index >= 15 is 0 Å². The number of rotatable bonds is 6. The predicted molar refractivity (Wildman–Crippen MR) is 68.0 cm³/mol. The van der Waals surface area contributed by atoms with Crippen LogP contribution in [0.15, 0.2) is 23.0 Å². The Morgan fingerprint density at radius 3 is 2.47 bits per heavy atom. The van der Waals surface area contributed by atoms with Gasteiger partial charge in [-0.1, -0.05) is 0 Å². The summed E-state index contributed by atoms with van der Waals surface area (Å²) < 4.78 is 4.87. The molecular weight excluding hydrogens is 216 g/mol. The van der Waals surface area contributed by atoms with Crippen LogP contribution in [0.3, 0.4) is 0 Å². The summed E-state index contributed by atoms with van der Waals surface area (Å²) in [6, 6.07) is 2.64. The number of nitrogens with zero attached hydrogens (tertiary/aromatic N) is 1. The summed E-state index contributed by atoms with van der Waals surface area (Å²) in [7, 11) is 0. The first-order chi connectivity index (χ1) is 8.02. The summed E-state index contributed by atoms with van der Waals surface area (Å²) >= 11 is 0. The largest absolute Gasteiger partial charge is 0.472 e. The third kappa shape index (κ3) is 4.23. The molecule has 0 aliphatic rings. The van der Waals surface area contributed by atoms with Gasteiger partial charge in [-0.2, -0.15) is 0 Å². The molecule has 0 bridgehead atoms. The van der Waals surface area contributed by atoms with E-state index in [0.29, 0.717) is 24.2 Å². The molecule has 17 heavy (non-hydrogen) atoms. The number of furan rings is 1. The van der Waals surface area contributed by atoms with Crippen molar-refractivity contribution in [2.45, 2.75) is 39.8 Å². The molecule has 1 aromatic rings. The van der Waals surface area contributed by atoms with Gasteiger partial charge in [-0.15, -0.1) is 0 Å². The van der Waals surface area contributed by atoms with Gasteiger partial charge >= 0.3 is 0 Å². The molecule has 0 unspecified atom stereocenters. The van der Waals surface area contributed by atoms with Crippen molar-refractivity contribution in [1.82, 2.24) is 10.2 Å². The minimum absolute atomic E-state index is 0.0776. The van der Waals surface area contributed by atoms with E-state index in [-0.39, 0.29) is 5.91 Å². The van der Waals surface area contributed by atoms with Crippen molar-refractivity contribution < 1.29 is 9.21 Å². The molecule has 0 saturated heterocycles. The highest BCUT2D eigenvalue weighted by Crippen LogP contribution is 2.04. The quantitative estimate of drug-likeness (QED) is 0.825. The van der Waals surface area contributed by atoms with Crippen LogP contribution in [0, 0.1) is 0 Å². The Kier molecular flexibility index (Phi) is 5.22. The van der Waals surface area contributed by atoms with Gasteiger partial charge in [0.2, 0.25) is 0 Å². The van der Waals surface area contributed by atoms with E-state index in [1.54, 1.807) is 6.07 Å². The van der Waals surface area contributed by atoms with Gasteiger partial charge in [-0.3, -0.25) is 9.69 Å². The second-order valence-corrected chi connectivity index (χ2v) is 4.69. The van der Waals surface area contributed by atoms with Gasteiger partial charge in [0.25, 0.3) is 5.91 Å². The lowest BCUT2D eigenvalue weighted by molar-refractivity contribution is 0.0939. The number of nitrogens with one attached hydrogen (secondary N) is 1. The van der Waals surface area contributed by atoms with E-state index in [2.05, 4.69) is 37.9 Å². The van der Waals surface area contributed by atoms with E-state index in [4.69, 9.17) is 4.42 Å². The lowest BCUT2D eigenvalue weighted by atomic mass is 10.2. The Labute approximate surface area is 103 Å². The molecule has 0 aliphatic heterocycles. The Balaban J connectivity index is 2.34. The smallest absolute Gasteiger partial charge is 0.254 e. The molecule has 1 rings (SSSR count). The van der Waals surface area contributed by atoms with Crippen LogP contribution in [0.4, 0.5) is 0 Å². The fourth-order valence-electron chi connectivity index (χ4n) is 1.91. The van der Waals surface area contributed by atoms with Crippen LogP contribution >= 0.6 is 0 Å². The molecule has 1 N–H and O–H groups in total. The highest BCUT2D eigenvalue weighted by atomic mass is 16.3. The normalized spacial score (nSPS) is 11.5. The second kappa shape index (κ2) is 6.45. The van der Waals surface area contributed by atoms with Crippen LogP contribution in [0.2, 0.25) is 0 Å². The van der Waals surface area contributed by atoms with Gasteiger partial charge < -0.3 is 9.73 Å². The average Bonchev–Trinajstić information content (AvgIpc) is 2.76. The second-order valence-electron chi connectivity index (χ2n) is 4.69. The maximum atomic E-state index is 11.6. The summed E-state index contributed by atoms with van der Waals surface area (Å²) in [5.41, 5.74) is 0.575. The van der Waals surface area contributed by atoms with Gasteiger partial charge in [0.15, 0.2) is 0 Å².